The molecule has 25 heavy (non-hydrogen) atoms. The number of aromatic nitrogens is 3. The van der Waals surface area contributed by atoms with E-state index in [0.717, 1.165) is 36.2 Å². The van der Waals surface area contributed by atoms with Gasteiger partial charge in [0.1, 0.15) is 5.82 Å². The van der Waals surface area contributed by atoms with Crippen LogP contribution in [0.15, 0.2) is 21.5 Å². The fourth-order valence-corrected chi connectivity index (χ4v) is 4.25. The predicted octanol–water partition coefficient (Wildman–Crippen LogP) is 4.15. The second-order valence-corrected chi connectivity index (χ2v) is 8.01. The van der Waals surface area contributed by atoms with E-state index in [9.17, 15) is 4.79 Å². The van der Waals surface area contributed by atoms with Gasteiger partial charge in [-0.05, 0) is 60.6 Å². The Balaban J connectivity index is 2.13. The van der Waals surface area contributed by atoms with Gasteiger partial charge in [-0.25, -0.2) is 9.97 Å². The Morgan fingerprint density at radius 2 is 2.20 bits per heavy atom. The van der Waals surface area contributed by atoms with Crippen molar-refractivity contribution in [2.75, 3.05) is 13.1 Å². The van der Waals surface area contributed by atoms with Crippen molar-refractivity contribution in [3.63, 3.8) is 0 Å². The first kappa shape index (κ1) is 18.5. The summed E-state index contributed by atoms with van der Waals surface area (Å²) in [5, 5.41) is 0.585. The summed E-state index contributed by atoms with van der Waals surface area (Å²) in [6.07, 6.45) is 6.31. The highest BCUT2D eigenvalue weighted by molar-refractivity contribution is 9.10. The highest BCUT2D eigenvalue weighted by Gasteiger charge is 2.28. The number of rotatable bonds is 5. The highest BCUT2D eigenvalue weighted by Crippen LogP contribution is 2.29. The summed E-state index contributed by atoms with van der Waals surface area (Å²) < 4.78 is 2.65. The second kappa shape index (κ2) is 7.96. The molecule has 6 heteroatoms. The predicted molar refractivity (Wildman–Crippen MR) is 105 cm³/mol. The van der Waals surface area contributed by atoms with Gasteiger partial charge in [0.25, 0.3) is 5.56 Å². The molecule has 0 aliphatic carbocycles. The lowest BCUT2D eigenvalue weighted by Crippen LogP contribution is -2.40. The van der Waals surface area contributed by atoms with Crippen molar-refractivity contribution in [1.82, 2.24) is 19.4 Å². The zero-order valence-electron chi connectivity index (χ0n) is 15.3. The number of hydrogen-bond donors (Lipinski definition) is 0. The molecule has 2 atom stereocenters. The van der Waals surface area contributed by atoms with E-state index in [-0.39, 0.29) is 11.6 Å². The van der Waals surface area contributed by atoms with Gasteiger partial charge in [0.15, 0.2) is 5.65 Å². The maximum atomic E-state index is 13.0. The topological polar surface area (TPSA) is 51.0 Å². The first-order valence-electron chi connectivity index (χ1n) is 9.35. The molecule has 0 saturated carbocycles. The molecule has 2 aromatic rings. The molecule has 1 fully saturated rings. The van der Waals surface area contributed by atoms with Crippen molar-refractivity contribution in [2.24, 2.45) is 5.92 Å². The van der Waals surface area contributed by atoms with Crippen LogP contribution in [0.2, 0.25) is 0 Å². The molecule has 2 aromatic heterocycles. The number of hydrogen-bond acceptors (Lipinski definition) is 4. The summed E-state index contributed by atoms with van der Waals surface area (Å²) in [5.74, 6) is 1.58. The van der Waals surface area contributed by atoms with Gasteiger partial charge in [0.2, 0.25) is 0 Å². The van der Waals surface area contributed by atoms with Crippen LogP contribution in [0.5, 0.6) is 0 Å². The quantitative estimate of drug-likeness (QED) is 0.748. The summed E-state index contributed by atoms with van der Waals surface area (Å²) >= 11 is 3.41. The lowest BCUT2D eigenvalue weighted by molar-refractivity contribution is 0.114. The maximum Gasteiger partial charge on any atom is 0.263 e. The number of nitrogens with zero attached hydrogens (tertiary/aromatic N) is 4. The zero-order chi connectivity index (χ0) is 18.0. The molecule has 0 amide bonds. The number of piperidine rings is 1. The Kier molecular flexibility index (Phi) is 5.89. The van der Waals surface area contributed by atoms with Gasteiger partial charge < -0.3 is 0 Å². The van der Waals surface area contributed by atoms with Gasteiger partial charge in [-0.3, -0.25) is 14.3 Å². The first-order valence-corrected chi connectivity index (χ1v) is 10.1. The molecule has 0 unspecified atom stereocenters. The van der Waals surface area contributed by atoms with Gasteiger partial charge in [-0.15, -0.1) is 0 Å². The average molecular weight is 407 g/mol. The molecule has 0 bridgehead atoms. The van der Waals surface area contributed by atoms with Crippen LogP contribution in [0.4, 0.5) is 0 Å². The SMILES string of the molecule is CCC[C@H](c1nc2ncc(Br)cc2c(=O)n1CC)N1CCC[C@@H](C)C1. The third kappa shape index (κ3) is 3.80. The summed E-state index contributed by atoms with van der Waals surface area (Å²) in [7, 11) is 0. The molecule has 0 radical (unpaired) electrons. The summed E-state index contributed by atoms with van der Waals surface area (Å²) in [6.45, 7) is 9.33. The van der Waals surface area contributed by atoms with Crippen LogP contribution < -0.4 is 5.56 Å². The molecule has 0 spiro atoms. The standard InChI is InChI=1S/C19H27BrN4O/c1-4-7-16(23-9-6-8-13(3)12-23)18-22-17-15(10-14(20)11-21-17)19(25)24(18)5-2/h10-11,13,16H,4-9,12H2,1-3H3/t13-,16-/m1/s1. The van der Waals surface area contributed by atoms with Crippen molar-refractivity contribution in [2.45, 2.75) is 59.0 Å². The Morgan fingerprint density at radius 1 is 1.40 bits per heavy atom. The van der Waals surface area contributed by atoms with Gasteiger partial charge in [-0.2, -0.15) is 0 Å². The Morgan fingerprint density at radius 3 is 2.88 bits per heavy atom. The van der Waals surface area contributed by atoms with Crippen molar-refractivity contribution >= 4 is 27.0 Å². The van der Waals surface area contributed by atoms with Crippen molar-refractivity contribution in [1.29, 1.82) is 0 Å². The fourth-order valence-electron chi connectivity index (χ4n) is 3.91. The smallest absolute Gasteiger partial charge is 0.263 e. The summed E-state index contributed by atoms with van der Waals surface area (Å²) in [4.78, 5) is 24.8. The second-order valence-electron chi connectivity index (χ2n) is 7.09. The molecule has 3 rings (SSSR count). The molecule has 3 heterocycles. The lowest BCUT2D eigenvalue weighted by Gasteiger charge is -2.37. The van der Waals surface area contributed by atoms with Crippen LogP contribution in [0.1, 0.15) is 58.3 Å². The Hall–Kier alpha value is -1.27. The lowest BCUT2D eigenvalue weighted by atomic mass is 9.97. The molecule has 136 valence electrons. The third-order valence-corrected chi connectivity index (χ3v) is 5.55. The van der Waals surface area contributed by atoms with E-state index in [4.69, 9.17) is 4.98 Å². The maximum absolute atomic E-state index is 13.0. The average Bonchev–Trinajstić information content (AvgIpc) is 2.60. The highest BCUT2D eigenvalue weighted by atomic mass is 79.9. The van der Waals surface area contributed by atoms with E-state index in [1.165, 1.54) is 12.8 Å². The zero-order valence-corrected chi connectivity index (χ0v) is 16.9. The normalized spacial score (nSPS) is 20.1. The van der Waals surface area contributed by atoms with Gasteiger partial charge in [0.05, 0.1) is 11.4 Å². The third-order valence-electron chi connectivity index (χ3n) is 5.11. The van der Waals surface area contributed by atoms with Gasteiger partial charge in [0, 0.05) is 23.8 Å². The van der Waals surface area contributed by atoms with Gasteiger partial charge >= 0.3 is 0 Å². The monoisotopic (exact) mass is 406 g/mol. The van der Waals surface area contributed by atoms with Gasteiger partial charge in [-0.1, -0.05) is 20.3 Å². The molecule has 1 aliphatic heterocycles. The van der Waals surface area contributed by atoms with E-state index < -0.39 is 0 Å². The van der Waals surface area contributed by atoms with E-state index >= 15 is 0 Å². The fraction of sp³-hybridized carbons (Fsp3) is 0.632. The number of pyridine rings is 1. The van der Waals surface area contributed by atoms with Crippen molar-refractivity contribution in [3.8, 4) is 0 Å². The van der Waals surface area contributed by atoms with Crippen LogP contribution in [0.3, 0.4) is 0 Å². The number of fused-ring (bicyclic) bond motifs is 1. The molecule has 1 saturated heterocycles. The van der Waals surface area contributed by atoms with E-state index in [1.54, 1.807) is 6.20 Å². The minimum absolute atomic E-state index is 0.0162. The van der Waals surface area contributed by atoms with E-state index in [2.05, 4.69) is 39.7 Å². The largest absolute Gasteiger partial charge is 0.295 e. The molecule has 0 aromatic carbocycles. The first-order chi connectivity index (χ1) is 12.0. The molecule has 1 aliphatic rings. The number of likely N-dealkylation sites (tertiary alicyclic amines) is 1. The Labute approximate surface area is 157 Å². The Bertz CT molecular complexity index is 804. The molecular formula is C19H27BrN4O. The minimum Gasteiger partial charge on any atom is -0.295 e. The van der Waals surface area contributed by atoms with Crippen LogP contribution in [-0.2, 0) is 6.54 Å². The molecule has 0 N–H and O–H groups in total. The summed E-state index contributed by atoms with van der Waals surface area (Å²) in [6, 6.07) is 2.01. The minimum atomic E-state index is 0.0162. The van der Waals surface area contributed by atoms with Crippen LogP contribution in [0, 0.1) is 5.92 Å². The van der Waals surface area contributed by atoms with Crippen LogP contribution in [0.25, 0.3) is 11.0 Å². The molecular weight excluding hydrogens is 380 g/mol. The van der Waals surface area contributed by atoms with E-state index in [1.807, 2.05) is 17.6 Å². The summed E-state index contributed by atoms with van der Waals surface area (Å²) in [5.41, 5.74) is 0.571. The van der Waals surface area contributed by atoms with Crippen molar-refractivity contribution in [3.05, 3.63) is 32.9 Å². The van der Waals surface area contributed by atoms with Crippen LogP contribution >= 0.6 is 15.9 Å². The molecule has 5 nitrogen and oxygen atoms in total. The van der Waals surface area contributed by atoms with Crippen LogP contribution in [-0.4, -0.2) is 32.5 Å². The van der Waals surface area contributed by atoms with Crippen molar-refractivity contribution < 1.29 is 0 Å². The van der Waals surface area contributed by atoms with E-state index in [0.29, 0.717) is 23.5 Å². The number of halogens is 1.